The molecule has 6 nitrogen and oxygen atoms in total. The molecule has 0 rings (SSSR count). The van der Waals surface area contributed by atoms with E-state index < -0.39 is 36.9 Å². The molecular weight excluding hydrogens is 598 g/mol. The highest BCUT2D eigenvalue weighted by atomic mass is 16.3. The molecule has 0 aliphatic rings. The third-order valence-corrected chi connectivity index (χ3v) is 9.30. The number of unbranched alkanes of at least 4 members (excludes halogenated alkanes) is 21. The van der Waals surface area contributed by atoms with E-state index >= 15 is 0 Å². The molecule has 4 atom stereocenters. The van der Waals surface area contributed by atoms with Crippen LogP contribution in [0.4, 0.5) is 0 Å². The molecule has 1 amide bonds. The zero-order chi connectivity index (χ0) is 35.3. The van der Waals surface area contributed by atoms with E-state index in [1.165, 1.54) is 109 Å². The Bertz CT molecular complexity index is 767. The zero-order valence-electron chi connectivity index (χ0n) is 31.5. The summed E-state index contributed by atoms with van der Waals surface area (Å²) in [4.78, 5) is 12.5. The van der Waals surface area contributed by atoms with Crippen molar-refractivity contribution in [3.63, 3.8) is 0 Å². The van der Waals surface area contributed by atoms with Crippen LogP contribution in [0, 0.1) is 0 Å². The van der Waals surface area contributed by atoms with Crippen molar-refractivity contribution in [1.29, 1.82) is 0 Å². The highest BCUT2D eigenvalue weighted by Crippen LogP contribution is 2.14. The average Bonchev–Trinajstić information content (AvgIpc) is 3.09. The van der Waals surface area contributed by atoms with E-state index in [4.69, 9.17) is 0 Å². The van der Waals surface area contributed by atoms with Crippen molar-refractivity contribution in [3.8, 4) is 0 Å². The number of hydrogen-bond acceptors (Lipinski definition) is 5. The predicted molar refractivity (Wildman–Crippen MR) is 205 cm³/mol. The quantitative estimate of drug-likeness (QED) is 0.0335. The van der Waals surface area contributed by atoms with E-state index in [2.05, 4.69) is 55.6 Å². The maximum absolute atomic E-state index is 12.5. The van der Waals surface area contributed by atoms with Crippen LogP contribution in [0.3, 0.4) is 0 Å². The summed E-state index contributed by atoms with van der Waals surface area (Å²) in [5, 5.41) is 43.5. The van der Waals surface area contributed by atoms with Gasteiger partial charge in [0.25, 0.3) is 0 Å². The van der Waals surface area contributed by atoms with Gasteiger partial charge in [0.15, 0.2) is 0 Å². The van der Waals surface area contributed by atoms with Crippen molar-refractivity contribution in [2.45, 2.75) is 218 Å². The van der Waals surface area contributed by atoms with Crippen molar-refractivity contribution < 1.29 is 25.2 Å². The van der Waals surface area contributed by atoms with E-state index in [0.29, 0.717) is 19.3 Å². The smallest absolute Gasteiger partial charge is 0.249 e. The summed E-state index contributed by atoms with van der Waals surface area (Å²) in [6, 6.07) is -1.01. The normalized spacial score (nSPS) is 14.7. The molecule has 4 unspecified atom stereocenters. The first-order chi connectivity index (χ1) is 23.5. The number of allylic oxidation sites excluding steroid dienone is 6. The molecule has 0 aromatic rings. The summed E-state index contributed by atoms with van der Waals surface area (Å²) in [5.74, 6) is -0.608. The molecule has 6 heteroatoms. The minimum Gasteiger partial charge on any atom is -0.394 e. The van der Waals surface area contributed by atoms with Crippen LogP contribution in [0.2, 0.25) is 0 Å². The molecule has 0 aliphatic carbocycles. The first kappa shape index (κ1) is 46.5. The number of carbonyl (C=O) groups is 1. The Morgan fingerprint density at radius 2 is 0.875 bits per heavy atom. The number of hydrogen-bond donors (Lipinski definition) is 5. The lowest BCUT2D eigenvalue weighted by Crippen LogP contribution is -2.53. The molecule has 0 aromatic carbocycles. The molecule has 0 spiro atoms. The fourth-order valence-electron chi connectivity index (χ4n) is 6.00. The predicted octanol–water partition coefficient (Wildman–Crippen LogP) is 10.2. The van der Waals surface area contributed by atoms with E-state index in [1.807, 2.05) is 0 Å². The van der Waals surface area contributed by atoms with Gasteiger partial charge in [-0.1, -0.05) is 153 Å². The largest absolute Gasteiger partial charge is 0.394 e. The van der Waals surface area contributed by atoms with E-state index in [-0.39, 0.29) is 0 Å². The molecule has 0 aliphatic heterocycles. The number of rotatable bonds is 36. The molecule has 5 N–H and O–H groups in total. The van der Waals surface area contributed by atoms with Crippen LogP contribution in [0.1, 0.15) is 194 Å². The number of nitrogens with one attached hydrogen (secondary N) is 1. The van der Waals surface area contributed by atoms with Gasteiger partial charge in [0.1, 0.15) is 12.2 Å². The number of aliphatic hydroxyl groups excluding tert-OH is 4. The Morgan fingerprint density at radius 3 is 1.31 bits per heavy atom. The van der Waals surface area contributed by atoms with Crippen molar-refractivity contribution >= 4 is 5.91 Å². The minimum absolute atomic E-state index is 0.346. The Hall–Kier alpha value is -1.47. The molecule has 48 heavy (non-hydrogen) atoms. The fourth-order valence-corrected chi connectivity index (χ4v) is 6.00. The van der Waals surface area contributed by atoms with Gasteiger partial charge in [0, 0.05) is 0 Å². The summed E-state index contributed by atoms with van der Waals surface area (Å²) in [7, 11) is 0. The summed E-state index contributed by atoms with van der Waals surface area (Å²) < 4.78 is 0. The van der Waals surface area contributed by atoms with E-state index in [1.54, 1.807) is 0 Å². The van der Waals surface area contributed by atoms with Crippen LogP contribution in [0.25, 0.3) is 0 Å². The first-order valence-electron chi connectivity index (χ1n) is 20.4. The van der Waals surface area contributed by atoms with Gasteiger partial charge in [-0.15, -0.1) is 0 Å². The standard InChI is InChI=1S/C42H79NO5/c1-3-5-7-9-11-13-15-17-19-20-22-24-26-28-30-32-34-36-40(46)42(48)43-38(37-44)41(47)39(45)35-33-31-29-27-25-23-21-18-16-14-12-10-8-6-4-2/h18,21-22,24,27,29,38-41,44-47H,3-17,19-20,23,25-26,28,30-37H2,1-2H3,(H,43,48)/b21-18+,24-22-,29-27+. The van der Waals surface area contributed by atoms with Gasteiger partial charge in [-0.2, -0.15) is 0 Å². The van der Waals surface area contributed by atoms with Gasteiger partial charge in [0.05, 0.1) is 18.8 Å². The summed E-state index contributed by atoms with van der Waals surface area (Å²) in [5.41, 5.74) is 0. The van der Waals surface area contributed by atoms with Crippen molar-refractivity contribution in [3.05, 3.63) is 36.5 Å². The third-order valence-electron chi connectivity index (χ3n) is 9.30. The Labute approximate surface area is 297 Å². The number of aliphatic hydroxyl groups is 4. The van der Waals surface area contributed by atoms with Crippen LogP contribution in [0.5, 0.6) is 0 Å². The second-order valence-corrected chi connectivity index (χ2v) is 14.0. The monoisotopic (exact) mass is 678 g/mol. The van der Waals surface area contributed by atoms with Crippen LogP contribution in [-0.4, -0.2) is 57.3 Å². The van der Waals surface area contributed by atoms with Crippen molar-refractivity contribution in [1.82, 2.24) is 5.32 Å². The molecule has 0 heterocycles. The second kappa shape index (κ2) is 36.8. The Morgan fingerprint density at radius 1 is 0.500 bits per heavy atom. The van der Waals surface area contributed by atoms with Crippen LogP contribution in [0.15, 0.2) is 36.5 Å². The minimum atomic E-state index is -1.29. The van der Waals surface area contributed by atoms with Crippen LogP contribution >= 0.6 is 0 Å². The summed E-state index contributed by atoms with van der Waals surface area (Å²) in [6.45, 7) is 4.01. The molecule has 282 valence electrons. The first-order valence-corrected chi connectivity index (χ1v) is 20.4. The molecule has 0 bridgehead atoms. The SMILES string of the molecule is CCCCCCCC/C=C/CC/C=C/CCCC(O)C(O)C(CO)NC(=O)C(O)CCCCCC/C=C\CCCCCCCCCCC. The third kappa shape index (κ3) is 30.6. The highest BCUT2D eigenvalue weighted by molar-refractivity contribution is 5.80. The van der Waals surface area contributed by atoms with Crippen LogP contribution < -0.4 is 5.32 Å². The fraction of sp³-hybridized carbons (Fsp3) is 0.833. The molecule has 0 saturated carbocycles. The van der Waals surface area contributed by atoms with Gasteiger partial charge in [-0.3, -0.25) is 4.79 Å². The number of amides is 1. The van der Waals surface area contributed by atoms with Gasteiger partial charge in [-0.05, 0) is 77.0 Å². The molecule has 0 radical (unpaired) electrons. The van der Waals surface area contributed by atoms with E-state index in [9.17, 15) is 25.2 Å². The highest BCUT2D eigenvalue weighted by Gasteiger charge is 2.28. The summed E-state index contributed by atoms with van der Waals surface area (Å²) in [6.07, 6.45) is 41.7. The summed E-state index contributed by atoms with van der Waals surface area (Å²) >= 11 is 0. The zero-order valence-corrected chi connectivity index (χ0v) is 31.5. The van der Waals surface area contributed by atoms with Gasteiger partial charge in [-0.25, -0.2) is 0 Å². The molecular formula is C42H79NO5. The van der Waals surface area contributed by atoms with Gasteiger partial charge in [0.2, 0.25) is 5.91 Å². The number of carbonyl (C=O) groups excluding carboxylic acids is 1. The lowest BCUT2D eigenvalue weighted by atomic mass is 10.00. The van der Waals surface area contributed by atoms with Gasteiger partial charge >= 0.3 is 0 Å². The van der Waals surface area contributed by atoms with Gasteiger partial charge < -0.3 is 25.7 Å². The van der Waals surface area contributed by atoms with E-state index in [0.717, 1.165) is 51.4 Å². The average molecular weight is 678 g/mol. The molecule has 0 fully saturated rings. The van der Waals surface area contributed by atoms with Crippen LogP contribution in [-0.2, 0) is 4.79 Å². The lowest BCUT2D eigenvalue weighted by Gasteiger charge is -2.27. The van der Waals surface area contributed by atoms with Crippen molar-refractivity contribution in [2.24, 2.45) is 0 Å². The van der Waals surface area contributed by atoms with Crippen molar-refractivity contribution in [2.75, 3.05) is 6.61 Å². The Balaban J connectivity index is 3.87. The topological polar surface area (TPSA) is 110 Å². The lowest BCUT2D eigenvalue weighted by molar-refractivity contribution is -0.132. The molecule has 0 saturated heterocycles. The molecule has 0 aromatic heterocycles. The maximum atomic E-state index is 12.5. The Kier molecular flexibility index (Phi) is 35.7. The second-order valence-electron chi connectivity index (χ2n) is 14.0. The maximum Gasteiger partial charge on any atom is 0.249 e.